The summed E-state index contributed by atoms with van der Waals surface area (Å²) in [5.74, 6) is -1.34. The minimum atomic E-state index is -0.950. The van der Waals surface area contributed by atoms with Crippen LogP contribution in [0.25, 0.3) is 0 Å². The lowest BCUT2D eigenvalue weighted by molar-refractivity contribution is 0.0388. The van der Waals surface area contributed by atoms with Crippen molar-refractivity contribution in [3.8, 4) is 0 Å². The number of aliphatic hydroxyl groups is 1. The highest BCUT2D eigenvalue weighted by molar-refractivity contribution is 5.21. The van der Waals surface area contributed by atoms with Crippen LogP contribution in [0.4, 0.5) is 8.78 Å². The summed E-state index contributed by atoms with van der Waals surface area (Å²) in [6, 6.07) is 5.41. The fraction of sp³-hybridized carbons (Fsp3) is 0.357. The second-order valence-corrected chi connectivity index (χ2v) is 5.04. The molecule has 1 saturated heterocycles. The summed E-state index contributed by atoms with van der Waals surface area (Å²) in [6.45, 7) is 1.86. The van der Waals surface area contributed by atoms with Crippen molar-refractivity contribution in [1.82, 2.24) is 14.7 Å². The van der Waals surface area contributed by atoms with E-state index in [1.807, 2.05) is 21.8 Å². The van der Waals surface area contributed by atoms with Crippen LogP contribution in [0.1, 0.15) is 17.7 Å². The Morgan fingerprint density at radius 1 is 1.35 bits per heavy atom. The largest absolute Gasteiger partial charge is 0.387 e. The van der Waals surface area contributed by atoms with Gasteiger partial charge in [-0.1, -0.05) is 6.07 Å². The predicted molar refractivity (Wildman–Crippen MR) is 69.0 cm³/mol. The third-order valence-electron chi connectivity index (χ3n) is 3.59. The third-order valence-corrected chi connectivity index (χ3v) is 3.59. The fourth-order valence-corrected chi connectivity index (χ4v) is 2.47. The summed E-state index contributed by atoms with van der Waals surface area (Å²) < 4.78 is 28.2. The number of nitrogens with zero attached hydrogens (tertiary/aromatic N) is 3. The van der Waals surface area contributed by atoms with E-state index in [2.05, 4.69) is 5.10 Å². The molecule has 1 N–H and O–H groups in total. The van der Waals surface area contributed by atoms with E-state index in [1.54, 1.807) is 6.20 Å². The van der Waals surface area contributed by atoms with Gasteiger partial charge in [0.15, 0.2) is 0 Å². The van der Waals surface area contributed by atoms with Crippen molar-refractivity contribution >= 4 is 0 Å². The van der Waals surface area contributed by atoms with Crippen molar-refractivity contribution < 1.29 is 13.9 Å². The van der Waals surface area contributed by atoms with Crippen molar-refractivity contribution in [2.75, 3.05) is 19.6 Å². The number of rotatable bonds is 4. The van der Waals surface area contributed by atoms with E-state index < -0.39 is 17.7 Å². The molecule has 0 radical (unpaired) electrons. The van der Waals surface area contributed by atoms with Crippen molar-refractivity contribution in [3.63, 3.8) is 0 Å². The molecule has 1 aliphatic heterocycles. The molecular weight excluding hydrogens is 264 g/mol. The Bertz CT molecular complexity index is 582. The number of likely N-dealkylation sites (tertiary alicyclic amines) is 1. The quantitative estimate of drug-likeness (QED) is 0.927. The average Bonchev–Trinajstić information content (AvgIpc) is 2.86. The van der Waals surface area contributed by atoms with Crippen LogP contribution in [-0.4, -0.2) is 39.4 Å². The summed E-state index contributed by atoms with van der Waals surface area (Å²) >= 11 is 0. The third kappa shape index (κ3) is 2.57. The van der Waals surface area contributed by atoms with Crippen LogP contribution in [0.3, 0.4) is 0 Å². The maximum atomic E-state index is 13.5. The van der Waals surface area contributed by atoms with Gasteiger partial charge in [-0.15, -0.1) is 0 Å². The Kier molecular flexibility index (Phi) is 3.50. The molecule has 6 heteroatoms. The van der Waals surface area contributed by atoms with E-state index >= 15 is 0 Å². The summed E-state index contributed by atoms with van der Waals surface area (Å²) in [6.07, 6.45) is 2.68. The van der Waals surface area contributed by atoms with Gasteiger partial charge in [0.25, 0.3) is 0 Å². The van der Waals surface area contributed by atoms with Crippen molar-refractivity contribution in [2.24, 2.45) is 0 Å². The molecule has 1 aromatic carbocycles. The average molecular weight is 279 g/mol. The SMILES string of the molecule is OC(CN1CC(n2cccn2)C1)c1ccc(F)cc1F. The van der Waals surface area contributed by atoms with E-state index in [1.165, 1.54) is 6.07 Å². The smallest absolute Gasteiger partial charge is 0.131 e. The number of benzene rings is 1. The highest BCUT2D eigenvalue weighted by Gasteiger charge is 2.30. The topological polar surface area (TPSA) is 41.3 Å². The standard InChI is InChI=1S/C14H15F2N3O/c15-10-2-3-12(13(16)6-10)14(20)9-18-7-11(8-18)19-5-1-4-17-19/h1-6,11,14,20H,7-9H2. The lowest BCUT2D eigenvalue weighted by atomic mass is 10.0. The molecule has 1 aromatic heterocycles. The molecule has 0 amide bonds. The molecule has 1 unspecified atom stereocenters. The minimum Gasteiger partial charge on any atom is -0.387 e. The summed E-state index contributed by atoms with van der Waals surface area (Å²) in [7, 11) is 0. The molecule has 106 valence electrons. The van der Waals surface area contributed by atoms with E-state index in [0.717, 1.165) is 25.2 Å². The van der Waals surface area contributed by atoms with Gasteiger partial charge < -0.3 is 5.11 Å². The Balaban J connectivity index is 1.57. The molecule has 20 heavy (non-hydrogen) atoms. The van der Waals surface area contributed by atoms with Crippen molar-refractivity contribution in [3.05, 3.63) is 53.9 Å². The second-order valence-electron chi connectivity index (χ2n) is 5.04. The van der Waals surface area contributed by atoms with Gasteiger partial charge in [-0.25, -0.2) is 8.78 Å². The van der Waals surface area contributed by atoms with Crippen molar-refractivity contribution in [1.29, 1.82) is 0 Å². The second kappa shape index (κ2) is 5.30. The van der Waals surface area contributed by atoms with Crippen LogP contribution in [0.15, 0.2) is 36.7 Å². The first-order valence-corrected chi connectivity index (χ1v) is 6.48. The molecule has 1 fully saturated rings. The molecule has 2 heterocycles. The molecule has 0 saturated carbocycles. The first-order valence-electron chi connectivity index (χ1n) is 6.48. The van der Waals surface area contributed by atoms with Gasteiger partial charge in [-0.3, -0.25) is 9.58 Å². The molecule has 3 rings (SSSR count). The zero-order valence-corrected chi connectivity index (χ0v) is 10.8. The van der Waals surface area contributed by atoms with E-state index in [-0.39, 0.29) is 5.56 Å². The van der Waals surface area contributed by atoms with Gasteiger partial charge in [0.05, 0.1) is 12.1 Å². The van der Waals surface area contributed by atoms with Crippen molar-refractivity contribution in [2.45, 2.75) is 12.1 Å². The number of hydrogen-bond donors (Lipinski definition) is 1. The first kappa shape index (κ1) is 13.2. The molecule has 2 aromatic rings. The molecular formula is C14H15F2N3O. The number of aromatic nitrogens is 2. The molecule has 4 nitrogen and oxygen atoms in total. The van der Waals surface area contributed by atoms with Gasteiger partial charge in [-0.2, -0.15) is 5.10 Å². The highest BCUT2D eigenvalue weighted by Crippen LogP contribution is 2.25. The predicted octanol–water partition coefficient (Wildman–Crippen LogP) is 1.75. The Morgan fingerprint density at radius 2 is 2.15 bits per heavy atom. The Morgan fingerprint density at radius 3 is 2.80 bits per heavy atom. The van der Waals surface area contributed by atoms with Gasteiger partial charge >= 0.3 is 0 Å². The molecule has 0 aliphatic carbocycles. The maximum absolute atomic E-state index is 13.5. The van der Waals surface area contributed by atoms with Crippen LogP contribution in [0.2, 0.25) is 0 Å². The number of aliphatic hydroxyl groups excluding tert-OH is 1. The molecule has 0 spiro atoms. The fourth-order valence-electron chi connectivity index (χ4n) is 2.47. The lowest BCUT2D eigenvalue weighted by Crippen LogP contribution is -2.49. The molecule has 1 atom stereocenters. The zero-order chi connectivity index (χ0) is 14.1. The van der Waals surface area contributed by atoms with Crippen LogP contribution in [-0.2, 0) is 0 Å². The van der Waals surface area contributed by atoms with Gasteiger partial charge in [0, 0.05) is 43.7 Å². The minimum absolute atomic E-state index is 0.133. The van der Waals surface area contributed by atoms with E-state index in [4.69, 9.17) is 0 Å². The summed E-state index contributed by atoms with van der Waals surface area (Å²) in [5, 5.41) is 14.2. The Labute approximate surface area is 115 Å². The van der Waals surface area contributed by atoms with E-state index in [9.17, 15) is 13.9 Å². The Hall–Kier alpha value is -1.79. The highest BCUT2D eigenvalue weighted by atomic mass is 19.1. The zero-order valence-electron chi connectivity index (χ0n) is 10.8. The monoisotopic (exact) mass is 279 g/mol. The first-order chi connectivity index (χ1) is 9.63. The van der Waals surface area contributed by atoms with Gasteiger partial charge in [-0.05, 0) is 12.1 Å². The van der Waals surface area contributed by atoms with E-state index in [0.29, 0.717) is 12.6 Å². The number of β-amino-alcohol motifs (C(OH)–C–C–N with tert-alkyl or cyclic N) is 1. The summed E-state index contributed by atoms with van der Waals surface area (Å²) in [4.78, 5) is 2.01. The summed E-state index contributed by atoms with van der Waals surface area (Å²) in [5.41, 5.74) is 0.133. The van der Waals surface area contributed by atoms with Crippen LogP contribution >= 0.6 is 0 Å². The molecule has 0 bridgehead atoms. The lowest BCUT2D eigenvalue weighted by Gasteiger charge is -2.40. The van der Waals surface area contributed by atoms with Gasteiger partial charge in [0.2, 0.25) is 0 Å². The number of halogens is 2. The number of hydrogen-bond acceptors (Lipinski definition) is 3. The van der Waals surface area contributed by atoms with Crippen LogP contribution in [0.5, 0.6) is 0 Å². The van der Waals surface area contributed by atoms with Gasteiger partial charge in [0.1, 0.15) is 11.6 Å². The van der Waals surface area contributed by atoms with Crippen LogP contribution in [0, 0.1) is 11.6 Å². The maximum Gasteiger partial charge on any atom is 0.131 e. The molecule has 1 aliphatic rings. The van der Waals surface area contributed by atoms with Crippen LogP contribution < -0.4 is 0 Å². The normalized spacial score (nSPS) is 17.9.